The van der Waals surface area contributed by atoms with Crippen LogP contribution in [0.4, 0.5) is 0 Å². The number of carbonyl (C=O) groups is 2. The number of carbonyl (C=O) groups excluding carboxylic acids is 2. The van der Waals surface area contributed by atoms with E-state index >= 15 is 0 Å². The Labute approximate surface area is 121 Å². The molecule has 2 atom stereocenters. The first-order chi connectivity index (χ1) is 9.41. The molecule has 1 aliphatic heterocycles. The zero-order chi connectivity index (χ0) is 14.9. The predicted molar refractivity (Wildman–Crippen MR) is 79.1 cm³/mol. The molecule has 2 rings (SSSR count). The van der Waals surface area contributed by atoms with Crippen LogP contribution in [0.1, 0.15) is 53.4 Å². The second-order valence-electron chi connectivity index (χ2n) is 6.47. The zero-order valence-corrected chi connectivity index (χ0v) is 13.0. The third-order valence-corrected chi connectivity index (χ3v) is 4.52. The summed E-state index contributed by atoms with van der Waals surface area (Å²) in [5.41, 5.74) is 0.516. The highest BCUT2D eigenvalue weighted by Crippen LogP contribution is 2.45. The molecule has 0 spiro atoms. The van der Waals surface area contributed by atoms with E-state index in [9.17, 15) is 9.59 Å². The number of hydrogen-bond acceptors (Lipinski definition) is 2. The van der Waals surface area contributed by atoms with Crippen LogP contribution in [0.25, 0.3) is 0 Å². The van der Waals surface area contributed by atoms with Crippen LogP contribution in [-0.4, -0.2) is 34.8 Å². The Bertz CT molecular complexity index is 436. The molecular formula is C16H26N2O2. The molecule has 0 aromatic rings. The quantitative estimate of drug-likeness (QED) is 0.784. The van der Waals surface area contributed by atoms with Crippen LogP contribution >= 0.6 is 0 Å². The van der Waals surface area contributed by atoms with Gasteiger partial charge in [-0.25, -0.2) is 0 Å². The summed E-state index contributed by atoms with van der Waals surface area (Å²) in [4.78, 5) is 27.1. The van der Waals surface area contributed by atoms with Gasteiger partial charge in [0.05, 0.1) is 0 Å². The molecular weight excluding hydrogens is 252 g/mol. The zero-order valence-electron chi connectivity index (χ0n) is 13.0. The maximum Gasteiger partial charge on any atom is 0.246 e. The van der Waals surface area contributed by atoms with Gasteiger partial charge in [0, 0.05) is 6.54 Å². The van der Waals surface area contributed by atoms with Gasteiger partial charge in [0.15, 0.2) is 0 Å². The first kappa shape index (κ1) is 15.1. The van der Waals surface area contributed by atoms with Gasteiger partial charge in [-0.05, 0) is 46.0 Å². The summed E-state index contributed by atoms with van der Waals surface area (Å²) in [5.74, 6) is 0.429. The van der Waals surface area contributed by atoms with Gasteiger partial charge in [-0.15, -0.1) is 0 Å². The summed E-state index contributed by atoms with van der Waals surface area (Å²) in [7, 11) is 0. The van der Waals surface area contributed by atoms with Gasteiger partial charge in [0.2, 0.25) is 11.8 Å². The number of rotatable bonds is 5. The summed E-state index contributed by atoms with van der Waals surface area (Å²) < 4.78 is 0. The minimum Gasteiger partial charge on any atom is -0.342 e. The Balaban J connectivity index is 2.28. The SMILES string of the molecule is CCCC1NC(=O)C(C)(C2CC2)N(CC=C(C)C)C1=O. The summed E-state index contributed by atoms with van der Waals surface area (Å²) >= 11 is 0. The summed E-state index contributed by atoms with van der Waals surface area (Å²) in [6.07, 6.45) is 5.74. The molecule has 1 N–H and O–H groups in total. The van der Waals surface area contributed by atoms with Crippen LogP contribution in [0, 0.1) is 5.92 Å². The highest BCUT2D eigenvalue weighted by Gasteiger charge is 2.56. The van der Waals surface area contributed by atoms with E-state index in [0.717, 1.165) is 25.7 Å². The number of piperazine rings is 1. The van der Waals surface area contributed by atoms with Crippen molar-refractivity contribution < 1.29 is 9.59 Å². The number of nitrogens with zero attached hydrogens (tertiary/aromatic N) is 1. The average Bonchev–Trinajstić information content (AvgIpc) is 3.20. The van der Waals surface area contributed by atoms with E-state index < -0.39 is 5.54 Å². The topological polar surface area (TPSA) is 49.4 Å². The third kappa shape index (κ3) is 2.60. The standard InChI is InChI=1S/C16H26N2O2/c1-5-6-13-14(19)18(10-9-11(2)3)16(4,12-7-8-12)15(20)17-13/h9,12-13H,5-8,10H2,1-4H3,(H,17,20). The van der Waals surface area contributed by atoms with Crippen molar-refractivity contribution in [2.24, 2.45) is 5.92 Å². The smallest absolute Gasteiger partial charge is 0.246 e. The molecule has 0 bridgehead atoms. The molecule has 1 saturated carbocycles. The first-order valence-corrected chi connectivity index (χ1v) is 7.67. The molecule has 20 heavy (non-hydrogen) atoms. The molecule has 1 saturated heterocycles. The molecule has 0 aromatic heterocycles. The lowest BCUT2D eigenvalue weighted by atomic mass is 9.87. The Morgan fingerprint density at radius 1 is 1.40 bits per heavy atom. The minimum atomic E-state index is -0.659. The molecule has 2 amide bonds. The van der Waals surface area contributed by atoms with Crippen molar-refractivity contribution in [1.82, 2.24) is 10.2 Å². The van der Waals surface area contributed by atoms with Gasteiger partial charge in [0.1, 0.15) is 11.6 Å². The largest absolute Gasteiger partial charge is 0.342 e. The van der Waals surface area contributed by atoms with Crippen molar-refractivity contribution in [3.05, 3.63) is 11.6 Å². The number of hydrogen-bond donors (Lipinski definition) is 1. The van der Waals surface area contributed by atoms with E-state index in [1.165, 1.54) is 5.57 Å². The Morgan fingerprint density at radius 3 is 2.55 bits per heavy atom. The number of allylic oxidation sites excluding steroid dienone is 1. The third-order valence-electron chi connectivity index (χ3n) is 4.52. The molecule has 112 valence electrons. The van der Waals surface area contributed by atoms with E-state index in [4.69, 9.17) is 0 Å². The van der Waals surface area contributed by atoms with Crippen molar-refractivity contribution in [2.75, 3.05) is 6.54 Å². The molecule has 1 heterocycles. The van der Waals surface area contributed by atoms with Crippen molar-refractivity contribution in [2.45, 2.75) is 65.0 Å². The van der Waals surface area contributed by atoms with E-state index in [0.29, 0.717) is 12.5 Å². The van der Waals surface area contributed by atoms with Gasteiger partial charge in [0.25, 0.3) is 0 Å². The minimum absolute atomic E-state index is 0.0280. The first-order valence-electron chi connectivity index (χ1n) is 7.67. The molecule has 4 heteroatoms. The van der Waals surface area contributed by atoms with Crippen LogP contribution in [-0.2, 0) is 9.59 Å². The fourth-order valence-electron chi connectivity index (χ4n) is 2.99. The summed E-state index contributed by atoms with van der Waals surface area (Å²) in [6.45, 7) is 8.55. The maximum atomic E-state index is 12.7. The molecule has 2 aliphatic rings. The van der Waals surface area contributed by atoms with Crippen molar-refractivity contribution in [3.63, 3.8) is 0 Å². The van der Waals surface area contributed by atoms with Crippen molar-refractivity contribution in [3.8, 4) is 0 Å². The van der Waals surface area contributed by atoms with Gasteiger partial charge < -0.3 is 10.2 Å². The van der Waals surface area contributed by atoms with Crippen molar-refractivity contribution in [1.29, 1.82) is 0 Å². The summed E-state index contributed by atoms with van der Waals surface area (Å²) in [5, 5.41) is 2.95. The molecule has 4 nitrogen and oxygen atoms in total. The van der Waals surface area contributed by atoms with Crippen LogP contribution < -0.4 is 5.32 Å². The maximum absolute atomic E-state index is 12.7. The molecule has 2 unspecified atom stereocenters. The lowest BCUT2D eigenvalue weighted by molar-refractivity contribution is -0.157. The molecule has 1 aliphatic carbocycles. The predicted octanol–water partition coefficient (Wildman–Crippen LogP) is 2.25. The number of amides is 2. The highest BCUT2D eigenvalue weighted by atomic mass is 16.2. The monoisotopic (exact) mass is 278 g/mol. The Morgan fingerprint density at radius 2 is 2.05 bits per heavy atom. The molecule has 0 radical (unpaired) electrons. The Kier molecular flexibility index (Phi) is 4.21. The molecule has 0 aromatic carbocycles. The fraction of sp³-hybridized carbons (Fsp3) is 0.750. The lowest BCUT2D eigenvalue weighted by Gasteiger charge is -2.46. The van der Waals surface area contributed by atoms with Crippen LogP contribution in [0.5, 0.6) is 0 Å². The summed E-state index contributed by atoms with van der Waals surface area (Å²) in [6, 6.07) is -0.343. The van der Waals surface area contributed by atoms with E-state index in [1.54, 1.807) is 0 Å². The molecule has 2 fully saturated rings. The van der Waals surface area contributed by atoms with E-state index in [-0.39, 0.29) is 17.9 Å². The van der Waals surface area contributed by atoms with Crippen LogP contribution in [0.2, 0.25) is 0 Å². The van der Waals surface area contributed by atoms with Gasteiger partial charge in [-0.3, -0.25) is 9.59 Å². The van der Waals surface area contributed by atoms with Crippen molar-refractivity contribution >= 4 is 11.8 Å². The van der Waals surface area contributed by atoms with Gasteiger partial charge in [-0.2, -0.15) is 0 Å². The normalized spacial score (nSPS) is 30.2. The second kappa shape index (κ2) is 5.58. The fourth-order valence-corrected chi connectivity index (χ4v) is 2.99. The number of nitrogens with one attached hydrogen (secondary N) is 1. The van der Waals surface area contributed by atoms with Crippen LogP contribution in [0.15, 0.2) is 11.6 Å². The highest BCUT2D eigenvalue weighted by molar-refractivity contribution is 6.00. The van der Waals surface area contributed by atoms with E-state index in [1.807, 2.05) is 38.7 Å². The second-order valence-corrected chi connectivity index (χ2v) is 6.47. The average molecular weight is 278 g/mol. The van der Waals surface area contributed by atoms with E-state index in [2.05, 4.69) is 5.32 Å². The van der Waals surface area contributed by atoms with Gasteiger partial charge in [-0.1, -0.05) is 25.0 Å². The Hall–Kier alpha value is -1.32. The van der Waals surface area contributed by atoms with Crippen LogP contribution in [0.3, 0.4) is 0 Å². The van der Waals surface area contributed by atoms with Gasteiger partial charge >= 0.3 is 0 Å². The lowest BCUT2D eigenvalue weighted by Crippen LogP contribution is -2.70.